The maximum Gasteiger partial charge on any atom is 0.0239 e. The third kappa shape index (κ3) is 5.12. The van der Waals surface area contributed by atoms with E-state index in [9.17, 15) is 0 Å². The first-order valence-corrected chi connectivity index (χ1v) is 8.86. The lowest BCUT2D eigenvalue weighted by Gasteiger charge is -2.34. The van der Waals surface area contributed by atoms with Crippen LogP contribution in [0.5, 0.6) is 0 Å². The molecule has 0 heterocycles. The Hall–Kier alpha value is -0.860. The smallest absolute Gasteiger partial charge is 0.0239 e. The van der Waals surface area contributed by atoms with E-state index in [4.69, 9.17) is 0 Å². The van der Waals surface area contributed by atoms with Crippen molar-refractivity contribution in [3.8, 4) is 0 Å². The van der Waals surface area contributed by atoms with Gasteiger partial charge in [-0.25, -0.2) is 0 Å². The van der Waals surface area contributed by atoms with Gasteiger partial charge in [-0.15, -0.1) is 0 Å². The highest BCUT2D eigenvalue weighted by Gasteiger charge is 2.20. The van der Waals surface area contributed by atoms with Crippen LogP contribution in [0.15, 0.2) is 24.3 Å². The monoisotopic (exact) mass is 288 g/mol. The van der Waals surface area contributed by atoms with E-state index in [-0.39, 0.29) is 0 Å². The summed E-state index contributed by atoms with van der Waals surface area (Å²) in [6, 6.07) is 9.76. The second-order valence-electron chi connectivity index (χ2n) is 6.30. The maximum atomic E-state index is 3.54. The summed E-state index contributed by atoms with van der Waals surface area (Å²) in [4.78, 5) is 2.69. The Morgan fingerprint density at radius 1 is 1.05 bits per heavy atom. The molecule has 0 bridgehead atoms. The first-order valence-electron chi connectivity index (χ1n) is 8.86. The van der Waals surface area contributed by atoms with Crippen molar-refractivity contribution in [1.82, 2.24) is 10.2 Å². The fourth-order valence-corrected chi connectivity index (χ4v) is 3.45. The lowest BCUT2D eigenvalue weighted by atomic mass is 9.93. The van der Waals surface area contributed by atoms with Crippen molar-refractivity contribution in [3.05, 3.63) is 35.4 Å². The van der Waals surface area contributed by atoms with Crippen LogP contribution in [0.3, 0.4) is 0 Å². The van der Waals surface area contributed by atoms with Gasteiger partial charge >= 0.3 is 0 Å². The molecule has 118 valence electrons. The number of hydrogen-bond donors (Lipinski definition) is 1. The molecule has 2 nitrogen and oxygen atoms in total. The van der Waals surface area contributed by atoms with E-state index in [1.807, 2.05) is 0 Å². The summed E-state index contributed by atoms with van der Waals surface area (Å²) in [6.07, 6.45) is 8.26. The molecule has 0 aliphatic heterocycles. The zero-order chi connectivity index (χ0) is 14.9. The molecular formula is C19H32N2. The van der Waals surface area contributed by atoms with Gasteiger partial charge in [0.25, 0.3) is 0 Å². The van der Waals surface area contributed by atoms with Crippen LogP contribution < -0.4 is 5.32 Å². The molecule has 1 aromatic carbocycles. The lowest BCUT2D eigenvalue weighted by Crippen LogP contribution is -2.36. The van der Waals surface area contributed by atoms with Crippen LogP contribution in [-0.4, -0.2) is 24.0 Å². The number of nitrogens with one attached hydrogen (secondary N) is 1. The van der Waals surface area contributed by atoms with Crippen molar-refractivity contribution < 1.29 is 0 Å². The van der Waals surface area contributed by atoms with E-state index in [1.165, 1.54) is 56.2 Å². The molecule has 0 amide bonds. The van der Waals surface area contributed by atoms with Crippen LogP contribution in [0.4, 0.5) is 0 Å². The lowest BCUT2D eigenvalue weighted by molar-refractivity contribution is 0.155. The van der Waals surface area contributed by atoms with Crippen LogP contribution in [-0.2, 0) is 13.1 Å². The van der Waals surface area contributed by atoms with Gasteiger partial charge in [0.15, 0.2) is 0 Å². The standard InChI is InChI=1S/C19H32N2/c1-3-14-20-15-17-10-8-9-11-18(17)16-21(4-2)19-12-6-5-7-13-19/h8-11,19-20H,3-7,12-16H2,1-2H3. The Kier molecular flexibility index (Phi) is 7.25. The number of nitrogens with zero attached hydrogens (tertiary/aromatic N) is 1. The van der Waals surface area contributed by atoms with Crippen molar-refractivity contribution in [2.45, 2.75) is 71.5 Å². The first-order chi connectivity index (χ1) is 10.3. The molecule has 0 spiro atoms. The van der Waals surface area contributed by atoms with Crippen LogP contribution in [0.2, 0.25) is 0 Å². The molecule has 0 aromatic heterocycles. The molecule has 1 saturated carbocycles. The number of hydrogen-bond acceptors (Lipinski definition) is 2. The normalized spacial score (nSPS) is 16.5. The van der Waals surface area contributed by atoms with E-state index in [0.717, 1.165) is 25.7 Å². The van der Waals surface area contributed by atoms with E-state index in [0.29, 0.717) is 0 Å². The first kappa shape index (κ1) is 16.5. The second kappa shape index (κ2) is 9.22. The zero-order valence-electron chi connectivity index (χ0n) is 13.9. The van der Waals surface area contributed by atoms with Crippen molar-refractivity contribution in [3.63, 3.8) is 0 Å². The molecule has 1 aliphatic carbocycles. The molecule has 1 fully saturated rings. The average molecular weight is 288 g/mol. The summed E-state index contributed by atoms with van der Waals surface area (Å²) < 4.78 is 0. The minimum Gasteiger partial charge on any atom is -0.313 e. The molecule has 0 radical (unpaired) electrons. The molecule has 0 saturated heterocycles. The minimum atomic E-state index is 0.806. The quantitative estimate of drug-likeness (QED) is 0.716. The van der Waals surface area contributed by atoms with Crippen molar-refractivity contribution in [2.24, 2.45) is 0 Å². The van der Waals surface area contributed by atoms with E-state index >= 15 is 0 Å². The van der Waals surface area contributed by atoms with E-state index in [1.54, 1.807) is 0 Å². The minimum absolute atomic E-state index is 0.806. The average Bonchev–Trinajstić information content (AvgIpc) is 2.55. The molecule has 0 atom stereocenters. The topological polar surface area (TPSA) is 15.3 Å². The Labute approximate surface area is 130 Å². The Morgan fingerprint density at radius 2 is 1.76 bits per heavy atom. The third-order valence-electron chi connectivity index (χ3n) is 4.73. The van der Waals surface area contributed by atoms with E-state index < -0.39 is 0 Å². The highest BCUT2D eigenvalue weighted by molar-refractivity contribution is 5.27. The Balaban J connectivity index is 1.99. The fraction of sp³-hybridized carbons (Fsp3) is 0.684. The predicted molar refractivity (Wildman–Crippen MR) is 91.4 cm³/mol. The molecule has 1 aromatic rings. The van der Waals surface area contributed by atoms with Gasteiger partial charge in [0, 0.05) is 19.1 Å². The number of benzene rings is 1. The summed E-state index contributed by atoms with van der Waals surface area (Å²) in [5.74, 6) is 0. The predicted octanol–water partition coefficient (Wildman–Crippen LogP) is 4.34. The van der Waals surface area contributed by atoms with Gasteiger partial charge in [-0.05, 0) is 43.5 Å². The van der Waals surface area contributed by atoms with Gasteiger partial charge in [0.2, 0.25) is 0 Å². The highest BCUT2D eigenvalue weighted by atomic mass is 15.1. The van der Waals surface area contributed by atoms with Gasteiger partial charge < -0.3 is 5.32 Å². The molecule has 0 unspecified atom stereocenters. The summed E-state index contributed by atoms with van der Waals surface area (Å²) in [5, 5.41) is 3.54. The number of rotatable bonds is 8. The van der Waals surface area contributed by atoms with Crippen LogP contribution in [0.1, 0.15) is 63.5 Å². The van der Waals surface area contributed by atoms with Crippen LogP contribution in [0, 0.1) is 0 Å². The summed E-state index contributed by atoms with van der Waals surface area (Å²) in [6.45, 7) is 8.93. The van der Waals surface area contributed by atoms with Crippen molar-refractivity contribution in [1.29, 1.82) is 0 Å². The van der Waals surface area contributed by atoms with Gasteiger partial charge in [0.1, 0.15) is 0 Å². The molecule has 2 rings (SSSR count). The Morgan fingerprint density at radius 3 is 2.43 bits per heavy atom. The molecule has 21 heavy (non-hydrogen) atoms. The SMILES string of the molecule is CCCNCc1ccccc1CN(CC)C1CCCCC1. The molecular weight excluding hydrogens is 256 g/mol. The molecule has 1 aliphatic rings. The highest BCUT2D eigenvalue weighted by Crippen LogP contribution is 2.24. The van der Waals surface area contributed by atoms with Gasteiger partial charge in [-0.2, -0.15) is 0 Å². The van der Waals surface area contributed by atoms with Crippen LogP contribution in [0.25, 0.3) is 0 Å². The van der Waals surface area contributed by atoms with Gasteiger partial charge in [-0.3, -0.25) is 4.90 Å². The summed E-state index contributed by atoms with van der Waals surface area (Å²) >= 11 is 0. The van der Waals surface area contributed by atoms with Crippen molar-refractivity contribution in [2.75, 3.05) is 13.1 Å². The largest absolute Gasteiger partial charge is 0.313 e. The van der Waals surface area contributed by atoms with Crippen LogP contribution >= 0.6 is 0 Å². The Bertz CT molecular complexity index is 396. The zero-order valence-corrected chi connectivity index (χ0v) is 13.9. The summed E-state index contributed by atoms with van der Waals surface area (Å²) in [7, 11) is 0. The molecule has 2 heteroatoms. The van der Waals surface area contributed by atoms with Crippen molar-refractivity contribution >= 4 is 0 Å². The fourth-order valence-electron chi connectivity index (χ4n) is 3.45. The van der Waals surface area contributed by atoms with Gasteiger partial charge in [-0.1, -0.05) is 57.4 Å². The van der Waals surface area contributed by atoms with E-state index in [2.05, 4.69) is 48.3 Å². The second-order valence-corrected chi connectivity index (χ2v) is 6.30. The maximum absolute atomic E-state index is 3.54. The third-order valence-corrected chi connectivity index (χ3v) is 4.73. The molecule has 1 N–H and O–H groups in total. The van der Waals surface area contributed by atoms with Gasteiger partial charge in [0.05, 0.1) is 0 Å². The summed E-state index contributed by atoms with van der Waals surface area (Å²) in [5.41, 5.74) is 2.98.